The highest BCUT2D eigenvalue weighted by Gasteiger charge is 2.53. The van der Waals surface area contributed by atoms with Gasteiger partial charge in [-0.1, -0.05) is 48.9 Å². The number of carbonyl (C=O) groups excluding carboxylic acids is 2. The van der Waals surface area contributed by atoms with Gasteiger partial charge in [-0.05, 0) is 68.5 Å². The molecule has 0 saturated carbocycles. The van der Waals surface area contributed by atoms with E-state index in [4.69, 9.17) is 16.3 Å². The summed E-state index contributed by atoms with van der Waals surface area (Å²) in [6.45, 7) is 8.99. The summed E-state index contributed by atoms with van der Waals surface area (Å²) < 4.78 is 5.80. The molecule has 0 spiro atoms. The molecule has 0 unspecified atom stereocenters. The van der Waals surface area contributed by atoms with Crippen LogP contribution in [0.15, 0.2) is 42.5 Å². The minimum Gasteiger partial charge on any atom is -0.354 e. The van der Waals surface area contributed by atoms with Crippen LogP contribution in [0, 0.1) is 0 Å². The molecule has 0 aliphatic carbocycles. The van der Waals surface area contributed by atoms with Gasteiger partial charge in [0.05, 0.1) is 0 Å². The first-order chi connectivity index (χ1) is 12.6. The Morgan fingerprint density at radius 3 is 2.07 bits per heavy atom. The fourth-order valence-electron chi connectivity index (χ4n) is 3.88. The van der Waals surface area contributed by atoms with Gasteiger partial charge in [-0.3, -0.25) is 9.59 Å². The van der Waals surface area contributed by atoms with Crippen LogP contribution >= 0.6 is 11.6 Å². The van der Waals surface area contributed by atoms with Crippen LogP contribution in [-0.2, 0) is 20.7 Å². The van der Waals surface area contributed by atoms with E-state index < -0.39 is 17.1 Å². The van der Waals surface area contributed by atoms with Crippen LogP contribution in [0.1, 0.15) is 51.7 Å². The van der Waals surface area contributed by atoms with Crippen LogP contribution in [0.5, 0.6) is 0 Å². The summed E-state index contributed by atoms with van der Waals surface area (Å²) in [6, 6.07) is 13.6. The summed E-state index contributed by atoms with van der Waals surface area (Å²) in [7, 11) is 0. The first-order valence-electron chi connectivity index (χ1n) is 9.24. The summed E-state index contributed by atoms with van der Waals surface area (Å²) in [4.78, 5) is 26.1. The summed E-state index contributed by atoms with van der Waals surface area (Å²) in [5, 5.41) is 0.674. The number of Topliss-reactive ketones (excluding diaryl/α,β-unsaturated/α-hetero) is 2. The molecule has 2 aromatic rings. The monoisotopic (exact) mass is 384 g/mol. The summed E-state index contributed by atoms with van der Waals surface area (Å²) in [5.41, 5.74) is 1.80. The maximum atomic E-state index is 13.1. The molecular weight excluding hydrogens is 360 g/mol. The summed E-state index contributed by atoms with van der Waals surface area (Å²) in [5.74, 6) is -1.17. The van der Waals surface area contributed by atoms with Crippen LogP contribution < -0.4 is 0 Å². The Morgan fingerprint density at radius 1 is 0.926 bits per heavy atom. The number of rotatable bonds is 3. The first-order valence-corrected chi connectivity index (χ1v) is 9.62. The third-order valence-corrected chi connectivity index (χ3v) is 5.45. The van der Waals surface area contributed by atoms with E-state index in [0.717, 1.165) is 28.7 Å². The number of hydrogen-bond acceptors (Lipinski definition) is 3. The van der Waals surface area contributed by atoms with Gasteiger partial charge < -0.3 is 4.74 Å². The van der Waals surface area contributed by atoms with Crippen molar-refractivity contribution in [2.75, 3.05) is 0 Å². The molecule has 1 heterocycles. The molecule has 3 rings (SSSR count). The molecule has 4 heteroatoms. The van der Waals surface area contributed by atoms with Crippen LogP contribution in [0.3, 0.4) is 0 Å². The number of aryl methyl sites for hydroxylation is 1. The molecule has 0 atom stereocenters. The van der Waals surface area contributed by atoms with Gasteiger partial charge in [-0.25, -0.2) is 0 Å². The van der Waals surface area contributed by atoms with Gasteiger partial charge >= 0.3 is 0 Å². The normalized spacial score (nSPS) is 19.3. The molecule has 3 nitrogen and oxygen atoms in total. The zero-order valence-corrected chi connectivity index (χ0v) is 17.2. The smallest absolute Gasteiger partial charge is 0.179 e. The van der Waals surface area contributed by atoms with Crippen molar-refractivity contribution < 1.29 is 14.3 Å². The molecule has 1 saturated heterocycles. The SMILES string of the molecule is CCc1cc(-c2cccc(Cl)c2)ccc1C1C(=O)C(C)(C)OC(C)(C)C1=O. The quantitative estimate of drug-likeness (QED) is 0.667. The van der Waals surface area contributed by atoms with Crippen LogP contribution in [0.4, 0.5) is 0 Å². The zero-order chi connectivity index (χ0) is 20.0. The van der Waals surface area contributed by atoms with Crippen LogP contribution in [0.25, 0.3) is 11.1 Å². The third-order valence-electron chi connectivity index (χ3n) is 5.21. The molecule has 0 amide bonds. The topological polar surface area (TPSA) is 43.4 Å². The molecule has 0 aromatic heterocycles. The van der Waals surface area contributed by atoms with Crippen molar-refractivity contribution >= 4 is 23.2 Å². The Labute approximate surface area is 165 Å². The lowest BCUT2D eigenvalue weighted by molar-refractivity contribution is -0.184. The average Bonchev–Trinajstić information content (AvgIpc) is 2.60. The second-order valence-corrected chi connectivity index (χ2v) is 8.50. The standard InChI is InChI=1S/C23H25ClO3/c1-6-14-12-16(15-8-7-9-17(24)13-15)10-11-18(14)19-20(25)22(2,3)27-23(4,5)21(19)26/h7-13,19H,6H2,1-5H3. The van der Waals surface area contributed by atoms with E-state index in [1.54, 1.807) is 27.7 Å². The van der Waals surface area contributed by atoms with Crippen molar-refractivity contribution in [3.63, 3.8) is 0 Å². The fourth-order valence-corrected chi connectivity index (χ4v) is 4.07. The highest BCUT2D eigenvalue weighted by molar-refractivity contribution is 6.30. The van der Waals surface area contributed by atoms with Crippen molar-refractivity contribution in [1.29, 1.82) is 0 Å². The lowest BCUT2D eigenvalue weighted by Gasteiger charge is -2.43. The van der Waals surface area contributed by atoms with Gasteiger partial charge in [0.25, 0.3) is 0 Å². The second-order valence-electron chi connectivity index (χ2n) is 8.06. The zero-order valence-electron chi connectivity index (χ0n) is 16.4. The lowest BCUT2D eigenvalue weighted by atomic mass is 9.73. The van der Waals surface area contributed by atoms with Gasteiger partial charge in [0, 0.05) is 5.02 Å². The summed E-state index contributed by atoms with van der Waals surface area (Å²) >= 11 is 6.12. The fraction of sp³-hybridized carbons (Fsp3) is 0.391. The molecule has 1 fully saturated rings. The molecule has 27 heavy (non-hydrogen) atoms. The Kier molecular flexibility index (Phi) is 5.04. The molecule has 0 radical (unpaired) electrons. The van der Waals surface area contributed by atoms with Crippen LogP contribution in [-0.4, -0.2) is 22.8 Å². The number of carbonyl (C=O) groups is 2. The summed E-state index contributed by atoms with van der Waals surface area (Å²) in [6.07, 6.45) is 0.725. The van der Waals surface area contributed by atoms with E-state index in [-0.39, 0.29) is 11.6 Å². The molecule has 1 aliphatic rings. The minimum atomic E-state index is -1.00. The van der Waals surface area contributed by atoms with Gasteiger partial charge in [0.15, 0.2) is 11.6 Å². The maximum absolute atomic E-state index is 13.1. The largest absolute Gasteiger partial charge is 0.354 e. The van der Waals surface area contributed by atoms with Crippen molar-refractivity contribution in [3.8, 4) is 11.1 Å². The number of benzene rings is 2. The number of hydrogen-bond donors (Lipinski definition) is 0. The first kappa shape index (κ1) is 19.8. The Bertz CT molecular complexity index is 886. The maximum Gasteiger partial charge on any atom is 0.179 e. The van der Waals surface area contributed by atoms with Crippen molar-refractivity contribution in [1.82, 2.24) is 0 Å². The van der Waals surface area contributed by atoms with Crippen molar-refractivity contribution in [2.24, 2.45) is 0 Å². The van der Waals surface area contributed by atoms with Crippen molar-refractivity contribution in [2.45, 2.75) is 58.2 Å². The molecular formula is C23H25ClO3. The van der Waals surface area contributed by atoms with Gasteiger partial charge in [-0.2, -0.15) is 0 Å². The van der Waals surface area contributed by atoms with Gasteiger partial charge in [0.2, 0.25) is 0 Å². The molecule has 0 N–H and O–H groups in total. The van der Waals surface area contributed by atoms with Gasteiger partial charge in [0.1, 0.15) is 17.1 Å². The number of ketones is 2. The molecule has 142 valence electrons. The van der Waals surface area contributed by atoms with E-state index >= 15 is 0 Å². The highest BCUT2D eigenvalue weighted by Crippen LogP contribution is 2.40. The molecule has 2 aromatic carbocycles. The predicted octanol–water partition coefficient (Wildman–Crippen LogP) is 5.38. The highest BCUT2D eigenvalue weighted by atomic mass is 35.5. The number of ether oxygens (including phenoxy) is 1. The average molecular weight is 385 g/mol. The van der Waals surface area contributed by atoms with E-state index in [0.29, 0.717) is 5.02 Å². The van der Waals surface area contributed by atoms with E-state index in [9.17, 15) is 9.59 Å². The third kappa shape index (κ3) is 3.59. The predicted molar refractivity (Wildman–Crippen MR) is 108 cm³/mol. The Morgan fingerprint density at radius 2 is 1.52 bits per heavy atom. The Hall–Kier alpha value is -1.97. The van der Waals surface area contributed by atoms with E-state index in [2.05, 4.69) is 6.07 Å². The Balaban J connectivity index is 2.11. The van der Waals surface area contributed by atoms with Crippen molar-refractivity contribution in [3.05, 3.63) is 58.6 Å². The van der Waals surface area contributed by atoms with E-state index in [1.807, 2.05) is 43.3 Å². The minimum absolute atomic E-state index is 0.183. The number of halogens is 1. The molecule has 1 aliphatic heterocycles. The molecule has 0 bridgehead atoms. The van der Waals surface area contributed by atoms with E-state index in [1.165, 1.54) is 0 Å². The lowest BCUT2D eigenvalue weighted by Crippen LogP contribution is -2.58. The van der Waals surface area contributed by atoms with Gasteiger partial charge in [-0.15, -0.1) is 0 Å². The second kappa shape index (κ2) is 6.88. The van der Waals surface area contributed by atoms with Crippen LogP contribution in [0.2, 0.25) is 5.02 Å².